The number of ketones is 1. The third kappa shape index (κ3) is 4.86. The molecule has 0 unspecified atom stereocenters. The number of nitrogens with one attached hydrogen (secondary N) is 1. The molecule has 2 atom stereocenters. The van der Waals surface area contributed by atoms with E-state index in [2.05, 4.69) is 17.1 Å². The Balaban J connectivity index is 1.56. The molecule has 2 saturated carbocycles. The zero-order valence-electron chi connectivity index (χ0n) is 16.5. The summed E-state index contributed by atoms with van der Waals surface area (Å²) in [6.07, 6.45) is 13.0. The molecule has 1 amide bonds. The number of nitrogens with zero attached hydrogens (tertiary/aromatic N) is 1. The molecule has 5 heteroatoms. The van der Waals surface area contributed by atoms with Gasteiger partial charge in [-0.05, 0) is 51.4 Å². The average Bonchev–Trinajstić information content (AvgIpc) is 2.77. The summed E-state index contributed by atoms with van der Waals surface area (Å²) in [4.78, 5) is 27.9. The molecule has 2 aliphatic carbocycles. The van der Waals surface area contributed by atoms with Gasteiger partial charge in [0.2, 0.25) is 5.91 Å². The van der Waals surface area contributed by atoms with E-state index in [-0.39, 0.29) is 17.7 Å². The van der Waals surface area contributed by atoms with E-state index in [1.54, 1.807) is 0 Å². The molecule has 3 fully saturated rings. The number of amides is 1. The minimum Gasteiger partial charge on any atom is -0.345 e. The van der Waals surface area contributed by atoms with Crippen LogP contribution in [0.2, 0.25) is 0 Å². The van der Waals surface area contributed by atoms with Crippen molar-refractivity contribution in [2.75, 3.05) is 13.1 Å². The van der Waals surface area contributed by atoms with Crippen LogP contribution >= 0.6 is 0 Å². The molecule has 3 N–H and O–H groups in total. The summed E-state index contributed by atoms with van der Waals surface area (Å²) in [5, 5.41) is 3.02. The van der Waals surface area contributed by atoms with Crippen LogP contribution in [-0.2, 0) is 9.59 Å². The molecule has 1 heterocycles. The lowest BCUT2D eigenvalue weighted by Gasteiger charge is -2.33. The van der Waals surface area contributed by atoms with Crippen molar-refractivity contribution >= 4 is 11.7 Å². The van der Waals surface area contributed by atoms with Gasteiger partial charge < -0.3 is 11.1 Å². The second kappa shape index (κ2) is 8.83. The summed E-state index contributed by atoms with van der Waals surface area (Å²) in [6, 6.07) is 0.0490. The zero-order chi connectivity index (χ0) is 18.6. The van der Waals surface area contributed by atoms with E-state index in [9.17, 15) is 9.59 Å². The summed E-state index contributed by atoms with van der Waals surface area (Å²) in [5.41, 5.74) is 5.58. The van der Waals surface area contributed by atoms with E-state index in [1.807, 2.05) is 0 Å². The van der Waals surface area contributed by atoms with E-state index in [0.717, 1.165) is 57.4 Å². The molecule has 5 nitrogen and oxygen atoms in total. The maximum atomic E-state index is 12.8. The first-order valence-electron chi connectivity index (χ1n) is 10.8. The lowest BCUT2D eigenvalue weighted by molar-refractivity contribution is -0.132. The van der Waals surface area contributed by atoms with Crippen LogP contribution in [0.4, 0.5) is 0 Å². The lowest BCUT2D eigenvalue weighted by Crippen LogP contribution is -2.58. The van der Waals surface area contributed by atoms with Crippen LogP contribution in [0.25, 0.3) is 0 Å². The highest BCUT2D eigenvalue weighted by Crippen LogP contribution is 2.28. The molecular formula is C21H37N3O2. The van der Waals surface area contributed by atoms with E-state index in [1.165, 1.54) is 32.1 Å². The normalized spacial score (nSPS) is 31.4. The molecule has 0 aromatic heterocycles. The Morgan fingerprint density at radius 2 is 1.73 bits per heavy atom. The van der Waals surface area contributed by atoms with Gasteiger partial charge in [-0.15, -0.1) is 0 Å². The zero-order valence-corrected chi connectivity index (χ0v) is 16.5. The Hall–Kier alpha value is -0.940. The van der Waals surface area contributed by atoms with Gasteiger partial charge in [-0.1, -0.05) is 38.5 Å². The molecule has 0 spiro atoms. The van der Waals surface area contributed by atoms with Crippen molar-refractivity contribution in [3.63, 3.8) is 0 Å². The van der Waals surface area contributed by atoms with Gasteiger partial charge in [0.05, 0.1) is 18.1 Å². The Morgan fingerprint density at radius 3 is 2.42 bits per heavy atom. The van der Waals surface area contributed by atoms with Crippen LogP contribution in [0.3, 0.4) is 0 Å². The minimum atomic E-state index is -0.766. The molecule has 1 aliphatic heterocycles. The number of nitrogens with two attached hydrogens (primary N) is 1. The maximum absolute atomic E-state index is 12.8. The van der Waals surface area contributed by atoms with Crippen LogP contribution in [0.5, 0.6) is 0 Å². The SMILES string of the molecule is C[C@@H]1CC[C@H](NC(=O)C2(N)CCCCC2)C(=O)CN1CC1CCCCC1. The van der Waals surface area contributed by atoms with Crippen molar-refractivity contribution in [1.29, 1.82) is 0 Å². The summed E-state index contributed by atoms with van der Waals surface area (Å²) < 4.78 is 0. The minimum absolute atomic E-state index is 0.107. The number of carbonyl (C=O) groups is 2. The first kappa shape index (κ1) is 19.8. The fourth-order valence-electron chi connectivity index (χ4n) is 5.03. The summed E-state index contributed by atoms with van der Waals surface area (Å²) >= 11 is 0. The van der Waals surface area contributed by atoms with Crippen LogP contribution in [0.1, 0.15) is 84.0 Å². The van der Waals surface area contributed by atoms with Crippen LogP contribution < -0.4 is 11.1 Å². The third-order valence-electron chi connectivity index (χ3n) is 6.96. The maximum Gasteiger partial charge on any atom is 0.240 e. The number of carbonyl (C=O) groups excluding carboxylic acids is 2. The number of hydrogen-bond donors (Lipinski definition) is 2. The van der Waals surface area contributed by atoms with Gasteiger partial charge in [0.25, 0.3) is 0 Å². The molecule has 148 valence electrons. The quantitative estimate of drug-likeness (QED) is 0.805. The average molecular weight is 364 g/mol. The third-order valence-corrected chi connectivity index (χ3v) is 6.96. The van der Waals surface area contributed by atoms with Gasteiger partial charge in [0.15, 0.2) is 5.78 Å². The first-order valence-corrected chi connectivity index (χ1v) is 10.8. The second-order valence-electron chi connectivity index (χ2n) is 9.07. The molecule has 0 aromatic carbocycles. The summed E-state index contributed by atoms with van der Waals surface area (Å²) in [6.45, 7) is 3.74. The van der Waals surface area contributed by atoms with Crippen LogP contribution in [0.15, 0.2) is 0 Å². The molecular weight excluding hydrogens is 326 g/mol. The van der Waals surface area contributed by atoms with Gasteiger partial charge in [0.1, 0.15) is 0 Å². The Morgan fingerprint density at radius 1 is 1.08 bits per heavy atom. The van der Waals surface area contributed by atoms with Crippen molar-refractivity contribution in [3.8, 4) is 0 Å². The van der Waals surface area contributed by atoms with Gasteiger partial charge in [0, 0.05) is 12.6 Å². The van der Waals surface area contributed by atoms with Crippen molar-refractivity contribution in [2.45, 2.75) is 102 Å². The van der Waals surface area contributed by atoms with E-state index in [0.29, 0.717) is 12.6 Å². The predicted octanol–water partition coefficient (Wildman–Crippen LogP) is 2.77. The summed E-state index contributed by atoms with van der Waals surface area (Å²) in [5.74, 6) is 0.793. The highest BCUT2D eigenvalue weighted by atomic mass is 16.2. The Bertz CT molecular complexity index is 495. The molecule has 0 bridgehead atoms. The molecule has 3 rings (SSSR count). The monoisotopic (exact) mass is 363 g/mol. The standard InChI is InChI=1S/C21H37N3O2/c1-16-10-11-18(23-20(26)21(22)12-6-3-7-13-21)19(25)15-24(16)14-17-8-4-2-5-9-17/h16-18H,2-15,22H2,1H3,(H,23,26)/t16-,18+/m1/s1. The van der Waals surface area contributed by atoms with Crippen LogP contribution in [0, 0.1) is 5.92 Å². The first-order chi connectivity index (χ1) is 12.5. The van der Waals surface area contributed by atoms with Gasteiger partial charge in [-0.25, -0.2) is 0 Å². The molecule has 1 saturated heterocycles. The topological polar surface area (TPSA) is 75.4 Å². The highest BCUT2D eigenvalue weighted by Gasteiger charge is 2.38. The Kier molecular flexibility index (Phi) is 6.73. The Labute approximate surface area is 158 Å². The fourth-order valence-corrected chi connectivity index (χ4v) is 5.03. The smallest absolute Gasteiger partial charge is 0.240 e. The van der Waals surface area contributed by atoms with Gasteiger partial charge in [-0.3, -0.25) is 14.5 Å². The van der Waals surface area contributed by atoms with E-state index >= 15 is 0 Å². The van der Waals surface area contributed by atoms with Crippen molar-refractivity contribution < 1.29 is 9.59 Å². The molecule has 0 aromatic rings. The van der Waals surface area contributed by atoms with Gasteiger partial charge >= 0.3 is 0 Å². The predicted molar refractivity (Wildman–Crippen MR) is 104 cm³/mol. The number of Topliss-reactive ketones (excluding diaryl/α,β-unsaturated/α-hetero) is 1. The summed E-state index contributed by atoms with van der Waals surface area (Å²) in [7, 11) is 0. The van der Waals surface area contributed by atoms with Gasteiger partial charge in [-0.2, -0.15) is 0 Å². The molecule has 3 aliphatic rings. The van der Waals surface area contributed by atoms with E-state index < -0.39 is 5.54 Å². The number of rotatable bonds is 4. The largest absolute Gasteiger partial charge is 0.345 e. The van der Waals surface area contributed by atoms with Crippen molar-refractivity contribution in [2.24, 2.45) is 11.7 Å². The number of hydrogen-bond acceptors (Lipinski definition) is 4. The fraction of sp³-hybridized carbons (Fsp3) is 0.905. The molecule has 26 heavy (non-hydrogen) atoms. The number of likely N-dealkylation sites (tertiary alicyclic amines) is 1. The molecule has 0 radical (unpaired) electrons. The van der Waals surface area contributed by atoms with Crippen molar-refractivity contribution in [3.05, 3.63) is 0 Å². The van der Waals surface area contributed by atoms with Crippen molar-refractivity contribution in [1.82, 2.24) is 10.2 Å². The second-order valence-corrected chi connectivity index (χ2v) is 9.07. The van der Waals surface area contributed by atoms with Crippen LogP contribution in [-0.4, -0.2) is 47.3 Å². The lowest BCUT2D eigenvalue weighted by atomic mass is 9.81. The van der Waals surface area contributed by atoms with E-state index in [4.69, 9.17) is 5.73 Å². The highest BCUT2D eigenvalue weighted by molar-refractivity contribution is 5.93.